The molecule has 20 heavy (non-hydrogen) atoms. The van der Waals surface area contributed by atoms with Crippen LogP contribution >= 0.6 is 0 Å². The molecule has 1 aromatic heterocycles. The summed E-state index contributed by atoms with van der Waals surface area (Å²) in [4.78, 5) is 4.63. The molecular formula is C17H17N3. The van der Waals surface area contributed by atoms with Gasteiger partial charge in [-0.15, -0.1) is 0 Å². The van der Waals surface area contributed by atoms with Crippen LogP contribution in [0.3, 0.4) is 0 Å². The lowest BCUT2D eigenvalue weighted by Gasteiger charge is -2.12. The summed E-state index contributed by atoms with van der Waals surface area (Å²) in [7, 11) is 0. The van der Waals surface area contributed by atoms with Crippen LogP contribution in [0.5, 0.6) is 0 Å². The zero-order chi connectivity index (χ0) is 14.1. The minimum absolute atomic E-state index is 0.778. The number of fused-ring (bicyclic) bond motifs is 1. The molecule has 3 nitrogen and oxygen atoms in total. The molecule has 100 valence electrons. The Morgan fingerprint density at radius 2 is 1.80 bits per heavy atom. The predicted molar refractivity (Wildman–Crippen MR) is 85.4 cm³/mol. The summed E-state index contributed by atoms with van der Waals surface area (Å²) < 4.78 is 0. The van der Waals surface area contributed by atoms with Crippen molar-refractivity contribution in [3.63, 3.8) is 0 Å². The summed E-state index contributed by atoms with van der Waals surface area (Å²) in [6, 6.07) is 16.1. The lowest BCUT2D eigenvalue weighted by Crippen LogP contribution is -1.97. The number of aryl methyl sites for hydroxylation is 2. The molecule has 1 heterocycles. The lowest BCUT2D eigenvalue weighted by atomic mass is 10.1. The van der Waals surface area contributed by atoms with Gasteiger partial charge in [0.2, 0.25) is 0 Å². The van der Waals surface area contributed by atoms with Gasteiger partial charge in [-0.3, -0.25) is 4.98 Å². The van der Waals surface area contributed by atoms with Crippen LogP contribution in [0.15, 0.2) is 48.5 Å². The third kappa shape index (κ3) is 2.30. The second-order valence-electron chi connectivity index (χ2n) is 5.03. The maximum atomic E-state index is 5.79. The Morgan fingerprint density at radius 1 is 0.950 bits per heavy atom. The van der Waals surface area contributed by atoms with E-state index in [4.69, 9.17) is 5.73 Å². The Bertz CT molecular complexity index is 778. The molecule has 0 bridgehead atoms. The van der Waals surface area contributed by atoms with Gasteiger partial charge in [0.25, 0.3) is 0 Å². The molecule has 3 rings (SSSR count). The molecule has 3 N–H and O–H groups in total. The lowest BCUT2D eigenvalue weighted by molar-refractivity contribution is 1.25. The van der Waals surface area contributed by atoms with Crippen molar-refractivity contribution in [1.29, 1.82) is 0 Å². The molecule has 0 fully saturated rings. The predicted octanol–water partition coefficient (Wildman–Crippen LogP) is 4.18. The highest BCUT2D eigenvalue weighted by molar-refractivity contribution is 5.92. The third-order valence-corrected chi connectivity index (χ3v) is 3.38. The zero-order valence-electron chi connectivity index (χ0n) is 11.6. The summed E-state index contributed by atoms with van der Waals surface area (Å²) in [6.45, 7) is 4.05. The van der Waals surface area contributed by atoms with E-state index < -0.39 is 0 Å². The maximum absolute atomic E-state index is 5.79. The van der Waals surface area contributed by atoms with E-state index in [-0.39, 0.29) is 0 Å². The largest absolute Gasteiger partial charge is 0.399 e. The Balaban J connectivity index is 2.08. The first-order valence-electron chi connectivity index (χ1n) is 6.63. The molecular weight excluding hydrogens is 246 g/mol. The van der Waals surface area contributed by atoms with Gasteiger partial charge in [-0.1, -0.05) is 18.2 Å². The van der Waals surface area contributed by atoms with Crippen LogP contribution in [0.1, 0.15) is 11.3 Å². The zero-order valence-corrected chi connectivity index (χ0v) is 11.6. The van der Waals surface area contributed by atoms with Gasteiger partial charge in [0, 0.05) is 22.5 Å². The Morgan fingerprint density at radius 3 is 2.60 bits per heavy atom. The van der Waals surface area contributed by atoms with Crippen molar-refractivity contribution >= 4 is 28.0 Å². The Labute approximate surface area is 118 Å². The number of aromatic nitrogens is 1. The number of para-hydroxylation sites is 1. The quantitative estimate of drug-likeness (QED) is 0.682. The fraction of sp³-hybridized carbons (Fsp3) is 0.118. The van der Waals surface area contributed by atoms with Crippen LogP contribution in [-0.4, -0.2) is 4.98 Å². The fourth-order valence-electron chi connectivity index (χ4n) is 2.32. The second-order valence-corrected chi connectivity index (χ2v) is 5.03. The minimum atomic E-state index is 0.778. The molecule has 3 aromatic rings. The van der Waals surface area contributed by atoms with Crippen LogP contribution in [0.4, 0.5) is 17.1 Å². The van der Waals surface area contributed by atoms with E-state index in [1.165, 1.54) is 0 Å². The SMILES string of the molecule is Cc1ccc2cccc(Nc3ccc(N)cc3C)c2n1. The summed E-state index contributed by atoms with van der Waals surface area (Å²) in [6.07, 6.45) is 0. The van der Waals surface area contributed by atoms with E-state index in [1.807, 2.05) is 50.2 Å². The van der Waals surface area contributed by atoms with Crippen molar-refractivity contribution in [3.8, 4) is 0 Å². The number of anilines is 3. The molecule has 0 saturated heterocycles. The first-order chi connectivity index (χ1) is 9.63. The number of nitrogens with zero attached hydrogens (tertiary/aromatic N) is 1. The van der Waals surface area contributed by atoms with Gasteiger partial charge in [-0.25, -0.2) is 0 Å². The van der Waals surface area contributed by atoms with Crippen LogP contribution in [0.25, 0.3) is 10.9 Å². The fourth-order valence-corrected chi connectivity index (χ4v) is 2.32. The normalized spacial score (nSPS) is 10.7. The van der Waals surface area contributed by atoms with Gasteiger partial charge < -0.3 is 11.1 Å². The molecule has 3 heteroatoms. The van der Waals surface area contributed by atoms with Gasteiger partial charge in [0.15, 0.2) is 0 Å². The summed E-state index contributed by atoms with van der Waals surface area (Å²) in [5.74, 6) is 0. The number of nitrogens with two attached hydrogens (primary N) is 1. The first-order valence-corrected chi connectivity index (χ1v) is 6.63. The minimum Gasteiger partial charge on any atom is -0.399 e. The van der Waals surface area contributed by atoms with Crippen molar-refractivity contribution in [3.05, 3.63) is 59.8 Å². The molecule has 2 aromatic carbocycles. The van der Waals surface area contributed by atoms with Crippen molar-refractivity contribution in [2.24, 2.45) is 0 Å². The summed E-state index contributed by atoms with van der Waals surface area (Å²) in [5.41, 5.74) is 11.8. The molecule has 0 amide bonds. The number of hydrogen-bond acceptors (Lipinski definition) is 3. The molecule has 0 radical (unpaired) electrons. The average Bonchev–Trinajstić information content (AvgIpc) is 2.42. The number of pyridine rings is 1. The Kier molecular flexibility index (Phi) is 3.03. The van der Waals surface area contributed by atoms with Crippen molar-refractivity contribution < 1.29 is 0 Å². The van der Waals surface area contributed by atoms with Gasteiger partial charge in [-0.2, -0.15) is 0 Å². The third-order valence-electron chi connectivity index (χ3n) is 3.38. The smallest absolute Gasteiger partial charge is 0.0939 e. The molecule has 0 aliphatic heterocycles. The van der Waals surface area contributed by atoms with Crippen LogP contribution in [0.2, 0.25) is 0 Å². The van der Waals surface area contributed by atoms with E-state index in [0.29, 0.717) is 0 Å². The van der Waals surface area contributed by atoms with E-state index in [0.717, 1.165) is 39.2 Å². The summed E-state index contributed by atoms with van der Waals surface area (Å²) in [5, 5.41) is 4.58. The maximum Gasteiger partial charge on any atom is 0.0939 e. The highest BCUT2D eigenvalue weighted by Gasteiger charge is 2.05. The van der Waals surface area contributed by atoms with E-state index in [9.17, 15) is 0 Å². The van der Waals surface area contributed by atoms with Gasteiger partial charge in [-0.05, 0) is 49.7 Å². The highest BCUT2D eigenvalue weighted by atomic mass is 14.9. The van der Waals surface area contributed by atoms with Crippen LogP contribution in [-0.2, 0) is 0 Å². The second kappa shape index (κ2) is 4.85. The first kappa shape index (κ1) is 12.5. The van der Waals surface area contributed by atoms with Crippen molar-refractivity contribution in [2.75, 3.05) is 11.1 Å². The number of hydrogen-bond donors (Lipinski definition) is 2. The number of rotatable bonds is 2. The van der Waals surface area contributed by atoms with E-state index in [2.05, 4.69) is 22.4 Å². The molecule has 0 aliphatic rings. The highest BCUT2D eigenvalue weighted by Crippen LogP contribution is 2.27. The number of nitrogen functional groups attached to an aromatic ring is 1. The molecule has 0 spiro atoms. The molecule has 0 aliphatic carbocycles. The van der Waals surface area contributed by atoms with Crippen molar-refractivity contribution in [2.45, 2.75) is 13.8 Å². The number of benzene rings is 2. The standard InChI is InChI=1S/C17H17N3/c1-11-10-14(18)8-9-15(11)20-16-5-3-4-13-7-6-12(2)19-17(13)16/h3-10,20H,18H2,1-2H3. The number of nitrogens with one attached hydrogen (secondary N) is 1. The van der Waals surface area contributed by atoms with Crippen LogP contribution in [0, 0.1) is 13.8 Å². The Hall–Kier alpha value is -2.55. The summed E-state index contributed by atoms with van der Waals surface area (Å²) >= 11 is 0. The topological polar surface area (TPSA) is 50.9 Å². The van der Waals surface area contributed by atoms with E-state index in [1.54, 1.807) is 0 Å². The van der Waals surface area contributed by atoms with Gasteiger partial charge >= 0.3 is 0 Å². The molecule has 0 saturated carbocycles. The molecule has 0 atom stereocenters. The van der Waals surface area contributed by atoms with E-state index >= 15 is 0 Å². The monoisotopic (exact) mass is 263 g/mol. The van der Waals surface area contributed by atoms with Gasteiger partial charge in [0.05, 0.1) is 11.2 Å². The van der Waals surface area contributed by atoms with Crippen LogP contribution < -0.4 is 11.1 Å². The molecule has 0 unspecified atom stereocenters. The van der Waals surface area contributed by atoms with Crippen molar-refractivity contribution in [1.82, 2.24) is 4.98 Å². The van der Waals surface area contributed by atoms with Gasteiger partial charge in [0.1, 0.15) is 0 Å². The average molecular weight is 263 g/mol.